The van der Waals surface area contributed by atoms with E-state index < -0.39 is 0 Å². The Morgan fingerprint density at radius 1 is 0.889 bits per heavy atom. The van der Waals surface area contributed by atoms with Crippen LogP contribution in [0.25, 0.3) is 21.5 Å². The van der Waals surface area contributed by atoms with E-state index >= 15 is 0 Å². The minimum Gasteiger partial charge on any atom is -0.168 e. The Hall–Kier alpha value is -0.660. The van der Waals surface area contributed by atoms with Crippen LogP contribution < -0.4 is 0 Å². The number of rotatable bonds is 0. The summed E-state index contributed by atoms with van der Waals surface area (Å²) in [5.74, 6) is 0. The molecule has 0 spiro atoms. The van der Waals surface area contributed by atoms with Gasteiger partial charge in [-0.25, -0.2) is 0 Å². The number of hydrogen-bond donors (Lipinski definition) is 0. The van der Waals surface area contributed by atoms with Gasteiger partial charge in [-0.2, -0.15) is 30.0 Å². The molecule has 4 aromatic carbocycles. The van der Waals surface area contributed by atoms with Gasteiger partial charge in [-0.3, -0.25) is 0 Å². The molecule has 0 unspecified atom stereocenters. The fourth-order valence-electron chi connectivity index (χ4n) is 2.38. The number of fused-ring (bicyclic) bond motifs is 2. The summed E-state index contributed by atoms with van der Waals surface area (Å²) in [5.41, 5.74) is 1.35. The minimum atomic E-state index is 0. The number of benzene rings is 2. The molecule has 4 aromatic rings. The second-order valence-electron chi connectivity index (χ2n) is 5.32. The average Bonchev–Trinajstić information content (AvgIpc) is 3.23. The molecule has 4 rings (SSSR count). The third-order valence-corrected chi connectivity index (χ3v) is 3.31. The van der Waals surface area contributed by atoms with Crippen LogP contribution in [0.2, 0.25) is 0 Å². The van der Waals surface area contributed by atoms with Crippen molar-refractivity contribution >= 4 is 53.2 Å². The molecular weight excluding hydrogens is 466 g/mol. The molecule has 27 heavy (non-hydrogen) atoms. The molecule has 0 heterocycles. The van der Waals surface area contributed by atoms with Crippen molar-refractivity contribution in [2.24, 2.45) is 0 Å². The third kappa shape index (κ3) is 11.1. The maximum Gasteiger partial charge on any atom is -0.0809 e. The Morgan fingerprint density at radius 3 is 1.89 bits per heavy atom. The normalized spacial score (nSPS) is 8.07. The maximum absolute atomic E-state index is 3.49. The maximum atomic E-state index is 3.49. The second kappa shape index (κ2) is 18.7. The predicted octanol–water partition coefficient (Wildman–Crippen LogP) is 7.57. The third-order valence-electron chi connectivity index (χ3n) is 3.31. The zero-order valence-electron chi connectivity index (χ0n) is 16.2. The molecule has 0 aliphatic heterocycles. The van der Waals surface area contributed by atoms with Gasteiger partial charge in [-0.1, -0.05) is 26.0 Å². The van der Waals surface area contributed by atoms with Gasteiger partial charge < -0.3 is 14.4 Å². The molecule has 0 amide bonds. The number of halogens is 2. The van der Waals surface area contributed by atoms with Crippen LogP contribution in [0.5, 0.6) is 0 Å². The first-order valence-electron chi connectivity index (χ1n) is 8.01. The average molecular weight is 495 g/mol. The largest absolute Gasteiger partial charge is 0.168 e. The molecule has 0 saturated carbocycles. The van der Waals surface area contributed by atoms with Gasteiger partial charge >= 0.3 is 30.2 Å². The molecule has 146 valence electrons. The van der Waals surface area contributed by atoms with E-state index in [4.69, 9.17) is 0 Å². The Balaban J connectivity index is -0.000000318. The van der Waals surface area contributed by atoms with Gasteiger partial charge in [-0.05, 0) is 0 Å². The van der Waals surface area contributed by atoms with E-state index in [2.05, 4.69) is 99.6 Å². The fourth-order valence-corrected chi connectivity index (χ4v) is 2.38. The molecule has 0 aliphatic rings. The van der Waals surface area contributed by atoms with Crippen LogP contribution in [0.3, 0.4) is 0 Å². The van der Waals surface area contributed by atoms with E-state index in [0.717, 1.165) is 6.42 Å². The molecule has 2 radical (unpaired) electrons. The summed E-state index contributed by atoms with van der Waals surface area (Å²) in [6.45, 7) is 10.7. The quantitative estimate of drug-likeness (QED) is 0.175. The van der Waals surface area contributed by atoms with Crippen molar-refractivity contribution in [2.45, 2.75) is 20.3 Å². The monoisotopic (exact) mass is 492 g/mol. The van der Waals surface area contributed by atoms with Crippen molar-refractivity contribution in [3.05, 3.63) is 98.8 Å². The van der Waals surface area contributed by atoms with Gasteiger partial charge in [0.2, 0.25) is 0 Å². The second-order valence-corrected chi connectivity index (χ2v) is 5.32. The van der Waals surface area contributed by atoms with Crippen LogP contribution in [0, 0.1) is 21.3 Å². The van der Waals surface area contributed by atoms with E-state index in [1.54, 1.807) is 0 Å². The fraction of sp³-hybridized carbons (Fsp3) is 0.130. The zero-order valence-corrected chi connectivity index (χ0v) is 21.3. The molecule has 0 aromatic heterocycles. The number of aryl methyl sites for hydroxylation is 1. The Kier molecular flexibility index (Phi) is 21.5. The Morgan fingerprint density at radius 2 is 1.37 bits per heavy atom. The molecule has 0 fully saturated rings. The van der Waals surface area contributed by atoms with E-state index in [1.807, 2.05) is 6.92 Å². The van der Waals surface area contributed by atoms with Crippen LogP contribution >= 0.6 is 24.8 Å². The van der Waals surface area contributed by atoms with Gasteiger partial charge in [0.15, 0.2) is 0 Å². The van der Waals surface area contributed by atoms with E-state index in [-0.39, 0.29) is 32.2 Å². The summed E-state index contributed by atoms with van der Waals surface area (Å²) in [5, 5.41) is 5.36. The van der Waals surface area contributed by atoms with Crippen molar-refractivity contribution in [3.63, 3.8) is 0 Å². The first-order chi connectivity index (χ1) is 11.7. The molecule has 0 bridgehead atoms. The smallest absolute Gasteiger partial charge is 0.0809 e. The van der Waals surface area contributed by atoms with Crippen molar-refractivity contribution in [3.8, 4) is 0 Å². The summed E-state index contributed by atoms with van der Waals surface area (Å²) < 4.78 is 0. The molecule has 0 N–H and O–H groups in total. The summed E-state index contributed by atoms with van der Waals surface area (Å²) in [7, 11) is 0. The number of hydrogen-bond acceptors (Lipinski definition) is 0. The van der Waals surface area contributed by atoms with E-state index in [1.165, 1.54) is 50.4 Å². The topological polar surface area (TPSA) is 0 Å². The molecule has 0 aliphatic carbocycles. The van der Waals surface area contributed by atoms with Gasteiger partial charge in [0.25, 0.3) is 0 Å². The SMILES string of the molecule is Cc1cc2ccccc2[cH-]1.Cl.Cl.[CH2-]CC.[CH3-].[Si]=[Zr].c1ccc2[cH-]ccc2c1. The first kappa shape index (κ1) is 31.0. The molecule has 0 nitrogen and oxygen atoms in total. The van der Waals surface area contributed by atoms with Crippen molar-refractivity contribution < 1.29 is 23.3 Å². The van der Waals surface area contributed by atoms with Crippen LogP contribution in [0.1, 0.15) is 18.9 Å². The van der Waals surface area contributed by atoms with Crippen molar-refractivity contribution in [1.29, 1.82) is 0 Å². The van der Waals surface area contributed by atoms with Crippen molar-refractivity contribution in [1.82, 2.24) is 0 Å². The molecule has 0 saturated heterocycles. The molecular formula is C23H28Cl2SiZr-4. The van der Waals surface area contributed by atoms with Crippen LogP contribution in [0.4, 0.5) is 0 Å². The van der Waals surface area contributed by atoms with Crippen LogP contribution in [0.15, 0.2) is 78.9 Å². The van der Waals surface area contributed by atoms with E-state index in [0.29, 0.717) is 0 Å². The summed E-state index contributed by atoms with van der Waals surface area (Å²) in [4.78, 5) is 0. The summed E-state index contributed by atoms with van der Waals surface area (Å²) >= 11 is 1.36. The Bertz CT molecular complexity index is 773. The molecule has 0 atom stereocenters. The van der Waals surface area contributed by atoms with E-state index in [9.17, 15) is 0 Å². The predicted molar refractivity (Wildman–Crippen MR) is 126 cm³/mol. The van der Waals surface area contributed by atoms with Gasteiger partial charge in [0, 0.05) is 0 Å². The summed E-state index contributed by atoms with van der Waals surface area (Å²) in [6.07, 6.45) is 1.00. The summed E-state index contributed by atoms with van der Waals surface area (Å²) in [6, 6.07) is 27.5. The Labute approximate surface area is 194 Å². The minimum absolute atomic E-state index is 0. The first-order valence-corrected chi connectivity index (χ1v) is 12.2. The zero-order chi connectivity index (χ0) is 17.8. The van der Waals surface area contributed by atoms with Gasteiger partial charge in [-0.15, -0.1) is 95.1 Å². The van der Waals surface area contributed by atoms with Gasteiger partial charge in [0.1, 0.15) is 0 Å². The van der Waals surface area contributed by atoms with Crippen molar-refractivity contribution in [2.75, 3.05) is 0 Å². The molecule has 4 heteroatoms. The standard InChI is InChI=1S/C10H9.C9H7.C3H7.CH3.2ClH.Si.Zr/c1-8-6-9-4-2-3-5-10(9)7-8;1-2-5-9-7-3-6-8(9)4-1;1-3-2;;;;;/h2-7H,1H3;1-7H;1,3H2,2H3;1H3;2*1H;;/q4*-1;;;;. The van der Waals surface area contributed by atoms with Gasteiger partial charge in [0.05, 0.1) is 0 Å². The van der Waals surface area contributed by atoms with Crippen LogP contribution in [-0.4, -0.2) is 6.88 Å². The van der Waals surface area contributed by atoms with Crippen LogP contribution in [-0.2, 0) is 23.3 Å².